The first-order valence-corrected chi connectivity index (χ1v) is 10.5. The number of anilines is 1. The average molecular weight is 463 g/mol. The number of nitriles is 1. The Kier molecular flexibility index (Phi) is 5.69. The van der Waals surface area contributed by atoms with Gasteiger partial charge in [-0.05, 0) is 30.3 Å². The maximum absolute atomic E-state index is 13.4. The highest BCUT2D eigenvalue weighted by molar-refractivity contribution is 8.09. The summed E-state index contributed by atoms with van der Waals surface area (Å²) in [5.41, 5.74) is 0.834. The number of hydrogen-bond donors (Lipinski definition) is 0. The molecule has 0 N–H and O–H groups in total. The van der Waals surface area contributed by atoms with Gasteiger partial charge in [-0.2, -0.15) is 5.26 Å². The zero-order valence-corrected chi connectivity index (χ0v) is 17.6. The Morgan fingerprint density at radius 2 is 2.03 bits per heavy atom. The number of aromatic nitrogens is 1. The molecule has 0 aliphatic carbocycles. The van der Waals surface area contributed by atoms with Gasteiger partial charge >= 0.3 is 6.03 Å². The quantitative estimate of drug-likeness (QED) is 0.655. The first-order chi connectivity index (χ1) is 14.4. The van der Waals surface area contributed by atoms with Gasteiger partial charge in [-0.25, -0.2) is 14.1 Å². The molecular formula is C20H13Cl2FN4O2S. The third-order valence-corrected chi connectivity index (χ3v) is 6.62. The van der Waals surface area contributed by atoms with Gasteiger partial charge < -0.3 is 4.90 Å². The van der Waals surface area contributed by atoms with E-state index < -0.39 is 29.0 Å². The zero-order valence-electron chi connectivity index (χ0n) is 15.3. The molecular weight excluding hydrogens is 450 g/mol. The summed E-state index contributed by atoms with van der Waals surface area (Å²) in [7, 11) is 0. The molecule has 0 bridgehead atoms. The summed E-state index contributed by atoms with van der Waals surface area (Å²) < 4.78 is 13.4. The van der Waals surface area contributed by atoms with Gasteiger partial charge in [0.15, 0.2) is 0 Å². The topological polar surface area (TPSA) is 77.3 Å². The van der Waals surface area contributed by atoms with Crippen LogP contribution in [0, 0.1) is 17.1 Å². The predicted octanol–water partition coefficient (Wildman–Crippen LogP) is 4.73. The maximum atomic E-state index is 13.4. The summed E-state index contributed by atoms with van der Waals surface area (Å²) >= 11 is 13.4. The van der Waals surface area contributed by atoms with Crippen molar-refractivity contribution >= 4 is 57.5 Å². The molecule has 10 heteroatoms. The lowest BCUT2D eigenvalue weighted by Gasteiger charge is -2.40. The summed E-state index contributed by atoms with van der Waals surface area (Å²) in [4.78, 5) is 33.6. The van der Waals surface area contributed by atoms with Crippen LogP contribution in [0.15, 0.2) is 42.7 Å². The molecule has 152 valence electrons. The Labute approximate surface area is 185 Å². The fourth-order valence-corrected chi connectivity index (χ4v) is 5.29. The normalized spacial score (nSPS) is 20.8. The summed E-state index contributed by atoms with van der Waals surface area (Å²) in [6.07, 6.45) is 4.67. The molecule has 2 aromatic rings. The van der Waals surface area contributed by atoms with E-state index in [-0.39, 0.29) is 28.7 Å². The number of pyridine rings is 1. The summed E-state index contributed by atoms with van der Waals surface area (Å²) in [6, 6.07) is 6.43. The fraction of sp³-hybridized carbons (Fsp3) is 0.200. The minimum absolute atomic E-state index is 0.107. The van der Waals surface area contributed by atoms with E-state index in [0.29, 0.717) is 10.5 Å². The van der Waals surface area contributed by atoms with Crippen LogP contribution in [-0.4, -0.2) is 39.7 Å². The van der Waals surface area contributed by atoms with Crippen LogP contribution in [0.1, 0.15) is 12.0 Å². The largest absolute Gasteiger partial charge is 0.332 e. The predicted molar refractivity (Wildman–Crippen MR) is 114 cm³/mol. The van der Waals surface area contributed by atoms with Gasteiger partial charge in [0.2, 0.25) is 0 Å². The maximum Gasteiger partial charge on any atom is 0.332 e. The van der Waals surface area contributed by atoms with E-state index in [4.69, 9.17) is 28.5 Å². The van der Waals surface area contributed by atoms with Gasteiger partial charge in [0.05, 0.1) is 40.5 Å². The van der Waals surface area contributed by atoms with Crippen LogP contribution in [0.5, 0.6) is 0 Å². The molecule has 3 amide bonds. The lowest BCUT2D eigenvalue weighted by Crippen LogP contribution is -2.62. The number of amides is 3. The molecule has 0 radical (unpaired) electrons. The average Bonchev–Trinajstić information content (AvgIpc) is 3.13. The number of halogens is 3. The number of imide groups is 1. The number of fused-ring (bicyclic) bond motifs is 1. The molecule has 2 aliphatic rings. The second-order valence-corrected chi connectivity index (χ2v) is 8.63. The SMILES string of the molecule is N#CCCN1C(=O)N(c2cncc(Cl)c2)C(=O)C2SC(c3ccc(F)cc3Cl)=CC21. The van der Waals surface area contributed by atoms with Crippen LogP contribution < -0.4 is 4.90 Å². The van der Waals surface area contributed by atoms with Crippen molar-refractivity contribution in [1.82, 2.24) is 9.88 Å². The first-order valence-electron chi connectivity index (χ1n) is 8.86. The number of benzene rings is 1. The molecule has 1 aromatic heterocycles. The van der Waals surface area contributed by atoms with E-state index in [2.05, 4.69) is 4.98 Å². The number of hydrogen-bond acceptors (Lipinski definition) is 5. The number of carbonyl (C=O) groups excluding carboxylic acids is 2. The van der Waals surface area contributed by atoms with E-state index in [1.165, 1.54) is 47.3 Å². The van der Waals surface area contributed by atoms with Crippen LogP contribution in [0.4, 0.5) is 14.9 Å². The van der Waals surface area contributed by atoms with Gasteiger partial charge in [-0.1, -0.05) is 23.2 Å². The fourth-order valence-electron chi connectivity index (χ4n) is 3.43. The van der Waals surface area contributed by atoms with E-state index in [9.17, 15) is 14.0 Å². The molecule has 2 atom stereocenters. The molecule has 1 fully saturated rings. The molecule has 1 saturated heterocycles. The van der Waals surface area contributed by atoms with Crippen molar-refractivity contribution in [2.75, 3.05) is 11.4 Å². The highest BCUT2D eigenvalue weighted by atomic mass is 35.5. The minimum Gasteiger partial charge on any atom is -0.315 e. The molecule has 4 rings (SSSR count). The van der Waals surface area contributed by atoms with Crippen LogP contribution >= 0.6 is 35.0 Å². The third-order valence-electron chi connectivity index (χ3n) is 4.76. The van der Waals surface area contributed by atoms with E-state index in [1.54, 1.807) is 12.1 Å². The summed E-state index contributed by atoms with van der Waals surface area (Å²) in [6.45, 7) is 0.149. The van der Waals surface area contributed by atoms with Crippen molar-refractivity contribution in [1.29, 1.82) is 5.26 Å². The number of carbonyl (C=O) groups is 2. The first kappa shape index (κ1) is 20.7. The third kappa shape index (κ3) is 3.65. The van der Waals surface area contributed by atoms with Crippen LogP contribution in [0.2, 0.25) is 10.0 Å². The van der Waals surface area contributed by atoms with E-state index >= 15 is 0 Å². The lowest BCUT2D eigenvalue weighted by molar-refractivity contribution is -0.119. The summed E-state index contributed by atoms with van der Waals surface area (Å²) in [5, 5.41) is 8.88. The molecule has 2 aliphatic heterocycles. The van der Waals surface area contributed by atoms with E-state index in [1.807, 2.05) is 6.07 Å². The van der Waals surface area contributed by atoms with Crippen LogP contribution in [0.25, 0.3) is 4.91 Å². The Bertz CT molecular complexity index is 1120. The molecule has 2 unspecified atom stereocenters. The van der Waals surface area contributed by atoms with Gasteiger partial charge in [0, 0.05) is 23.2 Å². The Morgan fingerprint density at radius 1 is 1.23 bits per heavy atom. The van der Waals surface area contributed by atoms with Crippen LogP contribution in [-0.2, 0) is 4.79 Å². The Morgan fingerprint density at radius 3 is 2.73 bits per heavy atom. The van der Waals surface area contributed by atoms with Gasteiger partial charge in [0.25, 0.3) is 5.91 Å². The van der Waals surface area contributed by atoms with Gasteiger partial charge in [-0.15, -0.1) is 11.8 Å². The van der Waals surface area contributed by atoms with Crippen molar-refractivity contribution < 1.29 is 14.0 Å². The second kappa shape index (κ2) is 8.26. The zero-order chi connectivity index (χ0) is 21.4. The Hall–Kier alpha value is -2.60. The molecule has 0 saturated carbocycles. The Balaban J connectivity index is 1.74. The van der Waals surface area contributed by atoms with Crippen molar-refractivity contribution in [3.05, 3.63) is 64.2 Å². The van der Waals surface area contributed by atoms with Crippen LogP contribution in [0.3, 0.4) is 0 Å². The summed E-state index contributed by atoms with van der Waals surface area (Å²) in [5.74, 6) is -0.886. The monoisotopic (exact) mass is 462 g/mol. The number of urea groups is 1. The number of thioether (sulfide) groups is 1. The van der Waals surface area contributed by atoms with Crippen molar-refractivity contribution in [2.24, 2.45) is 0 Å². The van der Waals surface area contributed by atoms with Crippen molar-refractivity contribution in [3.8, 4) is 6.07 Å². The molecule has 3 heterocycles. The highest BCUT2D eigenvalue weighted by Gasteiger charge is 2.49. The molecule has 1 aromatic carbocycles. The molecule has 6 nitrogen and oxygen atoms in total. The van der Waals surface area contributed by atoms with E-state index in [0.717, 1.165) is 4.90 Å². The number of rotatable bonds is 4. The standard InChI is InChI=1S/C20H13Cl2FN4O2S/c21-11-6-13(10-25-9-11)27-19(28)18-16(26(20(27)29)5-1-4-24)8-17(30-18)14-3-2-12(23)7-15(14)22/h2-3,6-10,16,18H,1,5H2. The molecule has 0 spiro atoms. The minimum atomic E-state index is -0.642. The lowest BCUT2D eigenvalue weighted by atomic mass is 10.0. The molecule has 30 heavy (non-hydrogen) atoms. The number of nitrogens with zero attached hydrogens (tertiary/aromatic N) is 4. The highest BCUT2D eigenvalue weighted by Crippen LogP contribution is 2.46. The second-order valence-electron chi connectivity index (χ2n) is 6.60. The smallest absolute Gasteiger partial charge is 0.315 e. The van der Waals surface area contributed by atoms with Gasteiger partial charge in [-0.3, -0.25) is 9.78 Å². The van der Waals surface area contributed by atoms with Crippen molar-refractivity contribution in [3.63, 3.8) is 0 Å². The van der Waals surface area contributed by atoms with Gasteiger partial charge in [0.1, 0.15) is 11.1 Å². The van der Waals surface area contributed by atoms with Crippen molar-refractivity contribution in [2.45, 2.75) is 17.7 Å².